The molecule has 3 aliphatic rings. The van der Waals surface area contributed by atoms with Crippen molar-refractivity contribution in [2.24, 2.45) is 0 Å². The molecule has 1 saturated heterocycles. The minimum atomic E-state index is -4.23. The van der Waals surface area contributed by atoms with Gasteiger partial charge in [-0.05, 0) is 68.4 Å². The largest absolute Gasteiger partial charge is 0.477 e. The molecule has 5 rings (SSSR count). The lowest BCUT2D eigenvalue weighted by Gasteiger charge is -2.37. The van der Waals surface area contributed by atoms with Crippen LogP contribution in [0.2, 0.25) is 5.02 Å². The Morgan fingerprint density at radius 2 is 1.89 bits per heavy atom. The molecule has 1 amide bonds. The Bertz CT molecular complexity index is 1270. The predicted octanol–water partition coefficient (Wildman–Crippen LogP) is 4.55. The van der Waals surface area contributed by atoms with Gasteiger partial charge in [-0.2, -0.15) is 8.42 Å². The summed E-state index contributed by atoms with van der Waals surface area (Å²) in [4.78, 5) is 19.4. The average Bonchev–Trinajstić information content (AvgIpc) is 3.65. The lowest BCUT2D eigenvalue weighted by atomic mass is 9.83. The molecule has 0 spiro atoms. The number of β-amino-alcohol motifs (C(OH)–C–C–N with tert-alkyl or cyclic N) is 1. The van der Waals surface area contributed by atoms with Crippen LogP contribution in [-0.4, -0.2) is 48.7 Å². The van der Waals surface area contributed by atoms with Gasteiger partial charge in [0.1, 0.15) is 11.6 Å². The Labute approximate surface area is 223 Å². The number of benzene rings is 1. The molecule has 2 heterocycles. The molecule has 1 aromatic heterocycles. The van der Waals surface area contributed by atoms with Crippen molar-refractivity contribution in [1.82, 2.24) is 9.71 Å². The Morgan fingerprint density at radius 3 is 2.59 bits per heavy atom. The third-order valence-electron chi connectivity index (χ3n) is 7.65. The van der Waals surface area contributed by atoms with Gasteiger partial charge in [0.2, 0.25) is 0 Å². The van der Waals surface area contributed by atoms with Gasteiger partial charge < -0.3 is 14.7 Å². The maximum absolute atomic E-state index is 13.2. The van der Waals surface area contributed by atoms with Crippen LogP contribution in [0.15, 0.2) is 41.4 Å². The molecule has 2 aliphatic carbocycles. The monoisotopic (exact) mass is 547 g/mol. The number of rotatable bonds is 7. The molecule has 3 fully saturated rings. The first kappa shape index (κ1) is 26.3. The first-order valence-electron chi connectivity index (χ1n) is 13.1. The molecule has 1 aliphatic heterocycles. The molecule has 200 valence electrons. The molecule has 0 radical (unpaired) electrons. The van der Waals surface area contributed by atoms with Crippen LogP contribution in [0.25, 0.3) is 0 Å². The summed E-state index contributed by atoms with van der Waals surface area (Å²) in [5.74, 6) is 0.645. The van der Waals surface area contributed by atoms with Gasteiger partial charge in [-0.15, -0.1) is 0 Å². The zero-order chi connectivity index (χ0) is 26.3. The van der Waals surface area contributed by atoms with Gasteiger partial charge in [0.25, 0.3) is 15.9 Å². The highest BCUT2D eigenvalue weighted by molar-refractivity contribution is 7.90. The van der Waals surface area contributed by atoms with Crippen molar-refractivity contribution in [3.05, 3.63) is 47.0 Å². The van der Waals surface area contributed by atoms with E-state index < -0.39 is 27.1 Å². The van der Waals surface area contributed by atoms with Crippen LogP contribution in [0.3, 0.4) is 0 Å². The molecule has 2 aromatic rings. The van der Waals surface area contributed by atoms with Crippen molar-refractivity contribution < 1.29 is 23.1 Å². The van der Waals surface area contributed by atoms with E-state index >= 15 is 0 Å². The lowest BCUT2D eigenvalue weighted by molar-refractivity contribution is -0.128. The Balaban J connectivity index is 1.32. The summed E-state index contributed by atoms with van der Waals surface area (Å²) in [5.41, 5.74) is -1.09. The highest BCUT2D eigenvalue weighted by Gasteiger charge is 2.54. The van der Waals surface area contributed by atoms with Gasteiger partial charge in [0, 0.05) is 31.0 Å². The van der Waals surface area contributed by atoms with Crippen molar-refractivity contribution in [2.75, 3.05) is 18.0 Å². The standard InChI is InChI=1S/C27H34ClN3O5S/c1-26(33)13-6-16-31(18-26)23-9-5-10-24(29-23)37(34,35)30-25(32)27(14-15-27)36-22-17-20(28)11-12-21(22)19-7-3-2-4-8-19/h5,9-12,17,19,33H,2-4,6-8,13-16,18H2,1H3,(H,30,32). The second-order valence-electron chi connectivity index (χ2n) is 10.9. The van der Waals surface area contributed by atoms with Crippen LogP contribution < -0.4 is 14.4 Å². The van der Waals surface area contributed by atoms with E-state index in [0.29, 0.717) is 54.9 Å². The number of aromatic nitrogens is 1. The summed E-state index contributed by atoms with van der Waals surface area (Å²) >= 11 is 6.26. The first-order chi connectivity index (χ1) is 17.6. The van der Waals surface area contributed by atoms with Crippen LogP contribution in [0, 0.1) is 0 Å². The molecule has 1 unspecified atom stereocenters. The number of nitrogens with zero attached hydrogens (tertiary/aromatic N) is 2. The van der Waals surface area contributed by atoms with E-state index in [-0.39, 0.29) is 5.03 Å². The van der Waals surface area contributed by atoms with Crippen molar-refractivity contribution in [1.29, 1.82) is 0 Å². The zero-order valence-corrected chi connectivity index (χ0v) is 22.7. The lowest BCUT2D eigenvalue weighted by Crippen LogP contribution is -2.46. The second-order valence-corrected chi connectivity index (χ2v) is 13.0. The molecule has 8 nitrogen and oxygen atoms in total. The third kappa shape index (κ3) is 5.89. The molecule has 2 N–H and O–H groups in total. The number of amides is 1. The molecular formula is C27H34ClN3O5S. The number of carbonyl (C=O) groups excluding carboxylic acids is 1. The number of hydrogen-bond donors (Lipinski definition) is 2. The third-order valence-corrected chi connectivity index (χ3v) is 9.12. The summed E-state index contributed by atoms with van der Waals surface area (Å²) in [7, 11) is -4.23. The minimum Gasteiger partial charge on any atom is -0.477 e. The Hall–Kier alpha value is -2.36. The summed E-state index contributed by atoms with van der Waals surface area (Å²) in [6, 6.07) is 10.2. The minimum absolute atomic E-state index is 0.245. The zero-order valence-electron chi connectivity index (χ0n) is 21.1. The van der Waals surface area contributed by atoms with Crippen molar-refractivity contribution >= 4 is 33.3 Å². The van der Waals surface area contributed by atoms with E-state index in [1.165, 1.54) is 12.5 Å². The fourth-order valence-electron chi connectivity index (χ4n) is 5.46. The quantitative estimate of drug-likeness (QED) is 0.523. The average molecular weight is 548 g/mol. The van der Waals surface area contributed by atoms with Gasteiger partial charge in [0.15, 0.2) is 10.6 Å². The number of sulfonamides is 1. The van der Waals surface area contributed by atoms with E-state index in [9.17, 15) is 18.3 Å². The number of nitrogens with one attached hydrogen (secondary N) is 1. The molecule has 0 bridgehead atoms. The summed E-state index contributed by atoms with van der Waals surface area (Å²) < 4.78 is 34.8. The maximum atomic E-state index is 13.2. The van der Waals surface area contributed by atoms with Crippen molar-refractivity contribution in [3.63, 3.8) is 0 Å². The van der Waals surface area contributed by atoms with Gasteiger partial charge in [-0.3, -0.25) is 4.79 Å². The molecule has 1 aromatic carbocycles. The fourth-order valence-corrected chi connectivity index (χ4v) is 6.63. The van der Waals surface area contributed by atoms with Gasteiger partial charge in [0.05, 0.1) is 5.60 Å². The summed E-state index contributed by atoms with van der Waals surface area (Å²) in [6.45, 7) is 2.78. The van der Waals surface area contributed by atoms with E-state index in [1.807, 2.05) is 17.0 Å². The van der Waals surface area contributed by atoms with Crippen LogP contribution in [-0.2, 0) is 14.8 Å². The Kier molecular flexibility index (Phi) is 7.15. The number of carbonyl (C=O) groups is 1. The topological polar surface area (TPSA) is 109 Å². The van der Waals surface area contributed by atoms with E-state index in [1.54, 1.807) is 25.1 Å². The number of halogens is 1. The smallest absolute Gasteiger partial charge is 0.281 e. The first-order valence-corrected chi connectivity index (χ1v) is 14.9. The van der Waals surface area contributed by atoms with E-state index in [0.717, 1.165) is 37.7 Å². The highest BCUT2D eigenvalue weighted by Crippen LogP contribution is 2.45. The Morgan fingerprint density at radius 1 is 1.14 bits per heavy atom. The normalized spacial score (nSPS) is 23.9. The van der Waals surface area contributed by atoms with E-state index in [4.69, 9.17) is 16.3 Å². The maximum Gasteiger partial charge on any atom is 0.281 e. The summed E-state index contributed by atoms with van der Waals surface area (Å²) in [5, 5.41) is 10.7. The van der Waals surface area contributed by atoms with E-state index in [2.05, 4.69) is 9.71 Å². The summed E-state index contributed by atoms with van der Waals surface area (Å²) in [6.07, 6.45) is 7.91. The van der Waals surface area contributed by atoms with Crippen LogP contribution in [0.4, 0.5) is 5.82 Å². The molecule has 1 atom stereocenters. The fraction of sp³-hybridized carbons (Fsp3) is 0.556. The van der Waals surface area contributed by atoms with Gasteiger partial charge in [-0.25, -0.2) is 9.71 Å². The molecule has 2 saturated carbocycles. The predicted molar refractivity (Wildman–Crippen MR) is 142 cm³/mol. The van der Waals surface area contributed by atoms with Crippen LogP contribution in [0.1, 0.15) is 76.2 Å². The number of ether oxygens (including phenoxy) is 1. The second kappa shape index (κ2) is 10.1. The van der Waals surface area contributed by atoms with Crippen LogP contribution in [0.5, 0.6) is 5.75 Å². The highest BCUT2D eigenvalue weighted by atomic mass is 35.5. The van der Waals surface area contributed by atoms with Gasteiger partial charge in [-0.1, -0.05) is 43.0 Å². The van der Waals surface area contributed by atoms with Crippen molar-refractivity contribution in [3.8, 4) is 5.75 Å². The molecule has 10 heteroatoms. The SMILES string of the molecule is CC1(O)CCCN(c2cccc(S(=O)(=O)NC(=O)C3(Oc4cc(Cl)ccc4C4CCCCC4)CC3)n2)C1. The number of anilines is 1. The molecule has 37 heavy (non-hydrogen) atoms. The number of pyridine rings is 1. The number of hydrogen-bond acceptors (Lipinski definition) is 7. The van der Waals surface area contributed by atoms with Gasteiger partial charge >= 0.3 is 0 Å². The number of piperidine rings is 1. The number of aliphatic hydroxyl groups is 1. The van der Waals surface area contributed by atoms with Crippen molar-refractivity contribution in [2.45, 2.75) is 86.9 Å². The van der Waals surface area contributed by atoms with Crippen LogP contribution >= 0.6 is 11.6 Å². The molecular weight excluding hydrogens is 514 g/mol.